The number of piperidine rings is 1. The molecule has 35 heavy (non-hydrogen) atoms. The number of nitrogens with zero attached hydrogens (tertiary/aromatic N) is 2. The number of benzene rings is 1. The first-order valence-corrected chi connectivity index (χ1v) is 12.1. The molecule has 1 aromatic rings. The molecule has 182 valence electrons. The largest absolute Gasteiger partial charge is 0.513 e. The summed E-state index contributed by atoms with van der Waals surface area (Å²) in [6.45, 7) is 11.4. The van der Waals surface area contributed by atoms with E-state index in [4.69, 9.17) is 9.47 Å². The predicted octanol–water partition coefficient (Wildman–Crippen LogP) is 5.43. The molecule has 1 aliphatic heterocycles. The molecule has 1 spiro atoms. The van der Waals surface area contributed by atoms with Crippen LogP contribution < -0.4 is 0 Å². The van der Waals surface area contributed by atoms with Crippen LogP contribution in [0.1, 0.15) is 67.7 Å². The number of hydrogen-bond acceptors (Lipinski definition) is 6. The van der Waals surface area contributed by atoms with Crippen LogP contribution in [0.2, 0.25) is 0 Å². The van der Waals surface area contributed by atoms with Crippen molar-refractivity contribution >= 4 is 17.5 Å². The molecule has 3 aliphatic rings. The summed E-state index contributed by atoms with van der Waals surface area (Å²) in [6.07, 6.45) is 3.34. The van der Waals surface area contributed by atoms with Gasteiger partial charge in [0.25, 0.3) is 0 Å². The zero-order chi connectivity index (χ0) is 25.4. The minimum absolute atomic E-state index is 0.0151. The smallest absolute Gasteiger partial charge is 0.437 e. The topological polar surface area (TPSA) is 79.6 Å². The summed E-state index contributed by atoms with van der Waals surface area (Å²) in [5.41, 5.74) is 4.22. The molecule has 0 N–H and O–H groups in total. The molecule has 2 aliphatic carbocycles. The van der Waals surface area contributed by atoms with Gasteiger partial charge in [-0.1, -0.05) is 12.5 Å². The van der Waals surface area contributed by atoms with Crippen molar-refractivity contribution in [3.05, 3.63) is 52.4 Å². The van der Waals surface area contributed by atoms with Crippen LogP contribution in [0.25, 0.3) is 5.57 Å². The molecule has 1 heterocycles. The van der Waals surface area contributed by atoms with E-state index in [2.05, 4.69) is 29.4 Å². The van der Waals surface area contributed by atoms with Crippen molar-refractivity contribution in [3.8, 4) is 17.9 Å². The van der Waals surface area contributed by atoms with Crippen molar-refractivity contribution < 1.29 is 19.1 Å². The third-order valence-corrected chi connectivity index (χ3v) is 7.78. The minimum atomic E-state index is -0.818. The quantitative estimate of drug-likeness (QED) is 0.429. The first kappa shape index (κ1) is 24.6. The summed E-state index contributed by atoms with van der Waals surface area (Å²) in [5, 5.41) is 9.55. The summed E-state index contributed by atoms with van der Waals surface area (Å²) in [4.78, 5) is 28.1. The molecule has 1 saturated heterocycles. The highest BCUT2D eigenvalue weighted by Crippen LogP contribution is 2.54. The highest BCUT2D eigenvalue weighted by molar-refractivity contribution is 6.23. The van der Waals surface area contributed by atoms with E-state index in [0.29, 0.717) is 24.2 Å². The van der Waals surface area contributed by atoms with Crippen LogP contribution in [0.5, 0.6) is 0 Å². The van der Waals surface area contributed by atoms with E-state index in [1.165, 1.54) is 7.11 Å². The van der Waals surface area contributed by atoms with Crippen molar-refractivity contribution in [1.82, 2.24) is 4.90 Å². The van der Waals surface area contributed by atoms with Crippen molar-refractivity contribution in [3.63, 3.8) is 0 Å². The lowest BCUT2D eigenvalue weighted by Gasteiger charge is -2.46. The maximum atomic E-state index is 13.7. The van der Waals surface area contributed by atoms with Gasteiger partial charge in [0.2, 0.25) is 0 Å². The Kier molecular flexibility index (Phi) is 6.52. The molecular formula is C29H32N2O4. The van der Waals surface area contributed by atoms with E-state index in [1.807, 2.05) is 26.0 Å². The Labute approximate surface area is 207 Å². The first-order valence-electron chi connectivity index (χ1n) is 12.1. The average molecular weight is 473 g/mol. The van der Waals surface area contributed by atoms with E-state index in [9.17, 15) is 14.9 Å². The normalized spacial score (nSPS) is 20.0. The molecule has 0 amide bonds. The third-order valence-electron chi connectivity index (χ3n) is 7.78. The van der Waals surface area contributed by atoms with Crippen LogP contribution >= 0.6 is 0 Å². The second kappa shape index (κ2) is 9.27. The van der Waals surface area contributed by atoms with Gasteiger partial charge in [-0.15, -0.1) is 5.92 Å². The average Bonchev–Trinajstić information content (AvgIpc) is 3.62. The van der Waals surface area contributed by atoms with Crippen molar-refractivity contribution in [1.29, 1.82) is 5.26 Å². The zero-order valence-electron chi connectivity index (χ0n) is 21.0. The lowest BCUT2D eigenvalue weighted by molar-refractivity contribution is -0.117. The molecule has 1 aromatic carbocycles. The van der Waals surface area contributed by atoms with Crippen LogP contribution in [0.15, 0.2) is 30.2 Å². The Morgan fingerprint density at radius 2 is 1.74 bits per heavy atom. The Morgan fingerprint density at radius 3 is 2.26 bits per heavy atom. The predicted molar refractivity (Wildman–Crippen MR) is 133 cm³/mol. The SMILES string of the molecule is C=C(N1CCC2(CC1)CC(=O)C(c1c(C)cc(C#CC)cc1C)=C(OC(=O)OC)C2)C1(C#N)CC1. The molecule has 0 radical (unpaired) electrons. The van der Waals surface area contributed by atoms with Crippen molar-refractivity contribution in [2.24, 2.45) is 10.8 Å². The van der Waals surface area contributed by atoms with Gasteiger partial charge in [0, 0.05) is 37.2 Å². The van der Waals surface area contributed by atoms with Crippen molar-refractivity contribution in [2.75, 3.05) is 20.2 Å². The Balaban J connectivity index is 1.66. The summed E-state index contributed by atoms with van der Waals surface area (Å²) >= 11 is 0. The summed E-state index contributed by atoms with van der Waals surface area (Å²) in [7, 11) is 1.27. The van der Waals surface area contributed by atoms with Crippen molar-refractivity contribution in [2.45, 2.75) is 59.3 Å². The van der Waals surface area contributed by atoms with Gasteiger partial charge in [-0.2, -0.15) is 5.26 Å². The number of methoxy groups -OCH3 is 1. The Bertz CT molecular complexity index is 1200. The second-order valence-corrected chi connectivity index (χ2v) is 10.1. The van der Waals surface area contributed by atoms with Crippen LogP contribution in [-0.2, 0) is 14.3 Å². The molecule has 6 heteroatoms. The molecular weight excluding hydrogens is 440 g/mol. The van der Waals surface area contributed by atoms with Gasteiger partial charge < -0.3 is 14.4 Å². The molecule has 4 rings (SSSR count). The van der Waals surface area contributed by atoms with Gasteiger partial charge in [0.15, 0.2) is 5.78 Å². The first-order chi connectivity index (χ1) is 16.7. The number of carbonyl (C=O) groups is 2. The number of nitriles is 1. The highest BCUT2D eigenvalue weighted by atomic mass is 16.7. The van der Waals surface area contributed by atoms with Crippen LogP contribution in [0.4, 0.5) is 4.79 Å². The molecule has 1 saturated carbocycles. The fraction of sp³-hybridized carbons (Fsp3) is 0.483. The third kappa shape index (κ3) is 4.58. The molecule has 6 nitrogen and oxygen atoms in total. The van der Waals surface area contributed by atoms with Gasteiger partial charge in [0.05, 0.1) is 24.2 Å². The second-order valence-electron chi connectivity index (χ2n) is 10.1. The van der Waals surface area contributed by atoms with E-state index in [1.54, 1.807) is 6.92 Å². The number of ether oxygens (including phenoxy) is 2. The Morgan fingerprint density at radius 1 is 1.11 bits per heavy atom. The lowest BCUT2D eigenvalue weighted by atomic mass is 9.66. The molecule has 2 fully saturated rings. The van der Waals surface area contributed by atoms with E-state index in [-0.39, 0.29) is 11.2 Å². The molecule has 0 unspecified atom stereocenters. The maximum absolute atomic E-state index is 13.7. The van der Waals surface area contributed by atoms with E-state index in [0.717, 1.165) is 66.7 Å². The molecule has 0 atom stereocenters. The van der Waals surface area contributed by atoms with Gasteiger partial charge >= 0.3 is 6.16 Å². The summed E-state index contributed by atoms with van der Waals surface area (Å²) in [5.74, 6) is 6.36. The fourth-order valence-electron chi connectivity index (χ4n) is 5.66. The highest BCUT2D eigenvalue weighted by Gasteiger charge is 2.50. The molecule has 0 bridgehead atoms. The number of carbonyl (C=O) groups excluding carboxylic acids is 2. The van der Waals surface area contributed by atoms with Crippen LogP contribution in [-0.4, -0.2) is 37.0 Å². The Hall–Kier alpha value is -3.51. The van der Waals surface area contributed by atoms with Gasteiger partial charge in [-0.3, -0.25) is 4.79 Å². The standard InChI is InChI=1S/C29H32N2O4/c1-6-7-22-14-19(2)25(20(3)15-22)26-23(32)16-28(17-24(26)35-27(33)34-5)10-12-31(13-11-28)21(4)29(18-30)8-9-29/h14-15H,4,8-13,16-17H2,1-3,5H3. The van der Waals surface area contributed by atoms with Crippen LogP contribution in [0.3, 0.4) is 0 Å². The van der Waals surface area contributed by atoms with E-state index < -0.39 is 11.6 Å². The molecule has 0 aromatic heterocycles. The van der Waals surface area contributed by atoms with Crippen LogP contribution in [0, 0.1) is 47.8 Å². The fourth-order valence-corrected chi connectivity index (χ4v) is 5.66. The summed E-state index contributed by atoms with van der Waals surface area (Å²) in [6, 6.07) is 6.36. The monoisotopic (exact) mass is 472 g/mol. The summed E-state index contributed by atoms with van der Waals surface area (Å²) < 4.78 is 10.4. The van der Waals surface area contributed by atoms with Gasteiger partial charge in [0.1, 0.15) is 5.76 Å². The van der Waals surface area contributed by atoms with Gasteiger partial charge in [-0.25, -0.2) is 4.79 Å². The zero-order valence-corrected chi connectivity index (χ0v) is 21.0. The number of allylic oxidation sites excluding steroid dienone is 3. The number of ketones is 1. The lowest BCUT2D eigenvalue weighted by Crippen LogP contribution is -2.44. The van der Waals surface area contributed by atoms with Gasteiger partial charge in [-0.05, 0) is 80.7 Å². The number of likely N-dealkylation sites (tertiary alicyclic amines) is 1. The minimum Gasteiger partial charge on any atom is -0.437 e. The van der Waals surface area contributed by atoms with E-state index >= 15 is 0 Å². The number of aryl methyl sites for hydroxylation is 2. The number of Topliss-reactive ketones (excluding diaryl/α,β-unsaturated/α-hetero) is 1. The number of rotatable bonds is 4. The number of hydrogen-bond donors (Lipinski definition) is 0. The maximum Gasteiger partial charge on any atom is 0.513 e.